The lowest BCUT2D eigenvalue weighted by Gasteiger charge is -2.18. The van der Waals surface area contributed by atoms with Gasteiger partial charge in [0.1, 0.15) is 6.33 Å². The molecule has 0 aliphatic carbocycles. The lowest BCUT2D eigenvalue weighted by Crippen LogP contribution is -2.32. The molecule has 1 heterocycles. The molecule has 0 spiro atoms. The van der Waals surface area contributed by atoms with E-state index in [0.717, 1.165) is 0 Å². The minimum atomic E-state index is -3.08. The Bertz CT molecular complexity index is 433. The molecule has 0 bridgehead atoms. The third-order valence-electron chi connectivity index (χ3n) is 2.03. The van der Waals surface area contributed by atoms with Gasteiger partial charge in [0, 0.05) is 22.6 Å². The Morgan fingerprint density at radius 2 is 2.07 bits per heavy atom. The van der Waals surface area contributed by atoms with Crippen molar-refractivity contribution in [3.63, 3.8) is 0 Å². The van der Waals surface area contributed by atoms with Crippen LogP contribution in [0.15, 0.2) is 6.33 Å². The van der Waals surface area contributed by atoms with Crippen LogP contribution < -0.4 is 0 Å². The van der Waals surface area contributed by atoms with Crippen LogP contribution in [0.1, 0.15) is 20.8 Å². The van der Waals surface area contributed by atoms with Gasteiger partial charge in [-0.25, -0.2) is 13.4 Å². The standard InChI is InChI=1S/C8H14IN3O2S/c1-8(2,3)15(13,14)5-4-12-6-10-7(9)11-12/h6H,4-5H2,1-3H3. The van der Waals surface area contributed by atoms with Crippen LogP contribution in [0.4, 0.5) is 0 Å². The van der Waals surface area contributed by atoms with Crippen LogP contribution in [0.3, 0.4) is 0 Å². The Balaban J connectivity index is 2.66. The maximum absolute atomic E-state index is 11.8. The van der Waals surface area contributed by atoms with Crippen molar-refractivity contribution in [1.29, 1.82) is 0 Å². The number of nitrogens with zero attached hydrogens (tertiary/aromatic N) is 3. The maximum Gasteiger partial charge on any atom is 0.211 e. The zero-order valence-electron chi connectivity index (χ0n) is 8.94. The number of sulfone groups is 1. The minimum absolute atomic E-state index is 0.0932. The third-order valence-corrected chi connectivity index (χ3v) is 5.11. The summed E-state index contributed by atoms with van der Waals surface area (Å²) in [5.74, 6) is 0.0932. The van der Waals surface area contributed by atoms with Gasteiger partial charge in [-0.3, -0.25) is 4.68 Å². The summed E-state index contributed by atoms with van der Waals surface area (Å²) < 4.78 is 25.0. The van der Waals surface area contributed by atoms with Crippen molar-refractivity contribution in [2.24, 2.45) is 0 Å². The second-order valence-electron chi connectivity index (χ2n) is 4.21. The Morgan fingerprint density at radius 3 is 2.47 bits per heavy atom. The first-order valence-corrected chi connectivity index (χ1v) is 7.23. The van der Waals surface area contributed by atoms with E-state index in [1.165, 1.54) is 0 Å². The van der Waals surface area contributed by atoms with E-state index >= 15 is 0 Å². The zero-order valence-corrected chi connectivity index (χ0v) is 11.9. The minimum Gasteiger partial charge on any atom is -0.251 e. The normalized spacial score (nSPS) is 13.1. The van der Waals surface area contributed by atoms with E-state index in [1.807, 2.05) is 22.6 Å². The largest absolute Gasteiger partial charge is 0.251 e. The van der Waals surface area contributed by atoms with Crippen LogP contribution in [0.25, 0.3) is 0 Å². The van der Waals surface area contributed by atoms with Crippen molar-refractivity contribution in [3.05, 3.63) is 10.2 Å². The molecule has 5 nitrogen and oxygen atoms in total. The predicted molar refractivity (Wildman–Crippen MR) is 66.3 cm³/mol. The highest BCUT2D eigenvalue weighted by molar-refractivity contribution is 14.1. The van der Waals surface area contributed by atoms with Gasteiger partial charge in [0.15, 0.2) is 9.84 Å². The van der Waals surface area contributed by atoms with Crippen LogP contribution >= 0.6 is 22.6 Å². The maximum atomic E-state index is 11.8. The van der Waals surface area contributed by atoms with Crippen LogP contribution in [0.5, 0.6) is 0 Å². The SMILES string of the molecule is CC(C)(C)S(=O)(=O)CCn1cnc(I)n1. The lowest BCUT2D eigenvalue weighted by molar-refractivity contribution is 0.547. The van der Waals surface area contributed by atoms with Crippen molar-refractivity contribution in [2.45, 2.75) is 32.1 Å². The number of aryl methyl sites for hydroxylation is 1. The van der Waals surface area contributed by atoms with Crippen LogP contribution in [-0.2, 0) is 16.4 Å². The smallest absolute Gasteiger partial charge is 0.211 e. The zero-order chi connectivity index (χ0) is 11.7. The van der Waals surface area contributed by atoms with E-state index in [-0.39, 0.29) is 5.75 Å². The van der Waals surface area contributed by atoms with Crippen molar-refractivity contribution >= 4 is 32.4 Å². The Labute approximate surface area is 103 Å². The molecule has 1 rings (SSSR count). The summed E-state index contributed by atoms with van der Waals surface area (Å²) in [6.45, 7) is 5.46. The molecule has 0 radical (unpaired) electrons. The monoisotopic (exact) mass is 343 g/mol. The Morgan fingerprint density at radius 1 is 1.47 bits per heavy atom. The number of hydrogen-bond donors (Lipinski definition) is 0. The fourth-order valence-corrected chi connectivity index (χ4v) is 2.34. The quantitative estimate of drug-likeness (QED) is 0.771. The van der Waals surface area contributed by atoms with E-state index in [0.29, 0.717) is 10.4 Å². The molecular formula is C8H14IN3O2S. The molecule has 0 aliphatic heterocycles. The van der Waals surface area contributed by atoms with E-state index in [2.05, 4.69) is 10.1 Å². The lowest BCUT2D eigenvalue weighted by atomic mass is 10.3. The molecule has 1 aromatic heterocycles. The summed E-state index contributed by atoms with van der Waals surface area (Å²) in [6, 6.07) is 0. The Kier molecular flexibility index (Phi) is 3.75. The number of halogens is 1. The van der Waals surface area contributed by atoms with Crippen molar-refractivity contribution in [1.82, 2.24) is 14.8 Å². The van der Waals surface area contributed by atoms with E-state index < -0.39 is 14.6 Å². The highest BCUT2D eigenvalue weighted by Crippen LogP contribution is 2.15. The van der Waals surface area contributed by atoms with Crippen molar-refractivity contribution in [3.8, 4) is 0 Å². The highest BCUT2D eigenvalue weighted by atomic mass is 127. The molecule has 0 saturated carbocycles. The Hall–Kier alpha value is -0.180. The van der Waals surface area contributed by atoms with Crippen molar-refractivity contribution in [2.75, 3.05) is 5.75 Å². The van der Waals surface area contributed by atoms with Gasteiger partial charge in [0.05, 0.1) is 17.0 Å². The van der Waals surface area contributed by atoms with Gasteiger partial charge in [-0.15, -0.1) is 5.10 Å². The van der Waals surface area contributed by atoms with E-state index in [4.69, 9.17) is 0 Å². The van der Waals surface area contributed by atoms with Gasteiger partial charge in [-0.1, -0.05) is 0 Å². The summed E-state index contributed by atoms with van der Waals surface area (Å²) in [5, 5.41) is 4.02. The molecule has 1 aromatic rings. The van der Waals surface area contributed by atoms with Gasteiger partial charge >= 0.3 is 0 Å². The molecule has 0 aromatic carbocycles. The van der Waals surface area contributed by atoms with Gasteiger partial charge in [0.2, 0.25) is 3.83 Å². The molecular weight excluding hydrogens is 329 g/mol. The fraction of sp³-hybridized carbons (Fsp3) is 0.750. The average Bonchev–Trinajstić information content (AvgIpc) is 2.46. The summed E-state index contributed by atoms with van der Waals surface area (Å²) in [6.07, 6.45) is 1.54. The van der Waals surface area contributed by atoms with Crippen LogP contribution in [-0.4, -0.2) is 33.7 Å². The molecule has 86 valence electrons. The molecule has 0 saturated heterocycles. The van der Waals surface area contributed by atoms with Gasteiger partial charge < -0.3 is 0 Å². The third kappa shape index (κ3) is 3.40. The predicted octanol–water partition coefficient (Wildman–Crippen LogP) is 1.10. The molecule has 0 unspecified atom stereocenters. The molecule has 0 fully saturated rings. The first-order valence-electron chi connectivity index (χ1n) is 4.49. The number of aromatic nitrogens is 3. The van der Waals surface area contributed by atoms with E-state index in [9.17, 15) is 8.42 Å². The molecule has 0 atom stereocenters. The molecule has 0 aliphatic rings. The van der Waals surface area contributed by atoms with Gasteiger partial charge in [-0.05, 0) is 20.8 Å². The van der Waals surface area contributed by atoms with Crippen LogP contribution in [0, 0.1) is 3.83 Å². The molecule has 0 N–H and O–H groups in total. The number of rotatable bonds is 3. The summed E-state index contributed by atoms with van der Waals surface area (Å²) in [5.41, 5.74) is 0. The fourth-order valence-electron chi connectivity index (χ4n) is 0.900. The van der Waals surface area contributed by atoms with Crippen LogP contribution in [0.2, 0.25) is 0 Å². The van der Waals surface area contributed by atoms with Gasteiger partial charge in [-0.2, -0.15) is 0 Å². The van der Waals surface area contributed by atoms with E-state index in [1.54, 1.807) is 31.8 Å². The first kappa shape index (κ1) is 12.9. The average molecular weight is 343 g/mol. The molecule has 15 heavy (non-hydrogen) atoms. The van der Waals surface area contributed by atoms with Crippen molar-refractivity contribution < 1.29 is 8.42 Å². The molecule has 7 heteroatoms. The first-order chi connectivity index (χ1) is 6.72. The number of hydrogen-bond acceptors (Lipinski definition) is 4. The topological polar surface area (TPSA) is 64.8 Å². The highest BCUT2D eigenvalue weighted by Gasteiger charge is 2.28. The second kappa shape index (κ2) is 4.36. The van der Waals surface area contributed by atoms with Gasteiger partial charge in [0.25, 0.3) is 0 Å². The second-order valence-corrected chi connectivity index (χ2v) is 8.04. The summed E-state index contributed by atoms with van der Waals surface area (Å²) >= 11 is 1.98. The summed E-state index contributed by atoms with van der Waals surface area (Å²) in [7, 11) is -3.08. The summed E-state index contributed by atoms with van der Waals surface area (Å²) in [4.78, 5) is 3.92. The molecule has 0 amide bonds.